The van der Waals surface area contributed by atoms with Gasteiger partial charge in [0.2, 0.25) is 0 Å². The Balaban J connectivity index is 1.58. The summed E-state index contributed by atoms with van der Waals surface area (Å²) in [6, 6.07) is 5.46. The van der Waals surface area contributed by atoms with E-state index < -0.39 is 0 Å². The smallest absolute Gasteiger partial charge is 0.251 e. The van der Waals surface area contributed by atoms with Crippen LogP contribution >= 0.6 is 0 Å². The Kier molecular flexibility index (Phi) is 4.66. The van der Waals surface area contributed by atoms with Crippen molar-refractivity contribution in [2.24, 2.45) is 0 Å². The maximum Gasteiger partial charge on any atom is 0.251 e. The van der Waals surface area contributed by atoms with Crippen LogP contribution in [-0.2, 0) is 25.8 Å². The Hall–Kier alpha value is -3.09. The van der Waals surface area contributed by atoms with Crippen LogP contribution in [0.15, 0.2) is 35.4 Å². The molecular weight excluding hydrogens is 340 g/mol. The molecule has 0 aliphatic carbocycles. The first-order chi connectivity index (χ1) is 13.2. The number of aryl methyl sites for hydroxylation is 2. The number of anilines is 1. The second-order valence-corrected chi connectivity index (χ2v) is 6.63. The third-order valence-electron chi connectivity index (χ3n) is 4.81. The highest BCUT2D eigenvalue weighted by Crippen LogP contribution is 2.23. The van der Waals surface area contributed by atoms with E-state index in [4.69, 9.17) is 0 Å². The van der Waals surface area contributed by atoms with E-state index in [0.717, 1.165) is 60.9 Å². The van der Waals surface area contributed by atoms with Crippen molar-refractivity contribution >= 4 is 5.82 Å². The number of nitrogens with one attached hydrogen (secondary N) is 1. The van der Waals surface area contributed by atoms with Crippen molar-refractivity contribution < 1.29 is 0 Å². The number of hydrogen-bond donors (Lipinski definition) is 1. The molecule has 0 radical (unpaired) electrons. The fraction of sp³-hybridized carbons (Fsp3) is 0.350. The quantitative estimate of drug-likeness (QED) is 0.766. The van der Waals surface area contributed by atoms with E-state index in [1.54, 1.807) is 6.20 Å². The summed E-state index contributed by atoms with van der Waals surface area (Å²) < 4.78 is 0. The van der Waals surface area contributed by atoms with Crippen molar-refractivity contribution in [3.8, 4) is 11.4 Å². The zero-order chi connectivity index (χ0) is 18.8. The molecule has 1 aliphatic heterocycles. The van der Waals surface area contributed by atoms with Crippen LogP contribution < -0.4 is 10.5 Å². The molecule has 7 heteroatoms. The Labute approximate surface area is 157 Å². The Bertz CT molecular complexity index is 1010. The van der Waals surface area contributed by atoms with Gasteiger partial charge >= 0.3 is 0 Å². The van der Waals surface area contributed by atoms with Gasteiger partial charge in [-0.25, -0.2) is 19.9 Å². The van der Waals surface area contributed by atoms with Gasteiger partial charge in [-0.3, -0.25) is 4.79 Å². The molecule has 0 spiro atoms. The summed E-state index contributed by atoms with van der Waals surface area (Å²) >= 11 is 0. The van der Waals surface area contributed by atoms with Crippen LogP contribution in [0.5, 0.6) is 0 Å². The molecule has 1 N–H and O–H groups in total. The van der Waals surface area contributed by atoms with Crippen LogP contribution in [-0.4, -0.2) is 31.5 Å². The van der Waals surface area contributed by atoms with E-state index in [1.165, 1.54) is 11.6 Å². The van der Waals surface area contributed by atoms with E-state index in [0.29, 0.717) is 5.82 Å². The monoisotopic (exact) mass is 362 g/mol. The number of fused-ring (bicyclic) bond motifs is 1. The molecule has 0 aromatic carbocycles. The van der Waals surface area contributed by atoms with Crippen LogP contribution in [0.25, 0.3) is 11.4 Å². The topological polar surface area (TPSA) is 87.7 Å². The zero-order valence-electron chi connectivity index (χ0n) is 15.6. The van der Waals surface area contributed by atoms with Gasteiger partial charge in [-0.15, -0.1) is 0 Å². The van der Waals surface area contributed by atoms with Crippen LogP contribution in [0.3, 0.4) is 0 Å². The Morgan fingerprint density at radius 2 is 2.00 bits per heavy atom. The molecule has 4 rings (SSSR count). The number of rotatable bonds is 4. The third kappa shape index (κ3) is 3.58. The van der Waals surface area contributed by atoms with Gasteiger partial charge in [0.25, 0.3) is 5.56 Å². The summed E-state index contributed by atoms with van der Waals surface area (Å²) in [6.45, 7) is 5.66. The lowest BCUT2D eigenvalue weighted by molar-refractivity contribution is 0.685. The lowest BCUT2D eigenvalue weighted by atomic mass is 10.1. The first-order valence-corrected chi connectivity index (χ1v) is 9.31. The Morgan fingerprint density at radius 3 is 2.74 bits per heavy atom. The number of aromatic nitrogens is 5. The number of hydrogen-bond acceptors (Lipinski definition) is 6. The predicted molar refractivity (Wildman–Crippen MR) is 104 cm³/mol. The molecule has 3 aromatic rings. The summed E-state index contributed by atoms with van der Waals surface area (Å²) in [5.41, 5.74) is 3.75. The fourth-order valence-corrected chi connectivity index (χ4v) is 3.25. The molecule has 0 atom stereocenters. The normalized spacial score (nSPS) is 13.5. The van der Waals surface area contributed by atoms with Crippen molar-refractivity contribution in [2.45, 2.75) is 39.7 Å². The fourth-order valence-electron chi connectivity index (χ4n) is 3.25. The molecule has 0 saturated heterocycles. The van der Waals surface area contributed by atoms with Gasteiger partial charge in [0, 0.05) is 42.7 Å². The average molecular weight is 362 g/mol. The van der Waals surface area contributed by atoms with E-state index in [-0.39, 0.29) is 5.56 Å². The molecule has 0 amide bonds. The molecule has 7 nitrogen and oxygen atoms in total. The second kappa shape index (κ2) is 7.26. The third-order valence-corrected chi connectivity index (χ3v) is 4.81. The van der Waals surface area contributed by atoms with Crippen molar-refractivity contribution in [3.05, 3.63) is 63.7 Å². The number of pyridine rings is 1. The first kappa shape index (κ1) is 17.3. The van der Waals surface area contributed by atoms with Gasteiger partial charge in [-0.2, -0.15) is 0 Å². The predicted octanol–water partition coefficient (Wildman–Crippen LogP) is 2.31. The molecule has 0 fully saturated rings. The lowest BCUT2D eigenvalue weighted by Gasteiger charge is -2.29. The van der Waals surface area contributed by atoms with Crippen LogP contribution in [0.2, 0.25) is 0 Å². The number of aromatic amines is 1. The minimum atomic E-state index is -0.139. The van der Waals surface area contributed by atoms with Gasteiger partial charge in [-0.05, 0) is 30.5 Å². The maximum absolute atomic E-state index is 11.8. The van der Waals surface area contributed by atoms with Crippen LogP contribution in [0.4, 0.5) is 5.82 Å². The highest BCUT2D eigenvalue weighted by Gasteiger charge is 2.19. The van der Waals surface area contributed by atoms with Gasteiger partial charge in [0.1, 0.15) is 17.5 Å². The van der Waals surface area contributed by atoms with Gasteiger partial charge < -0.3 is 9.88 Å². The standard InChI is InChI=1S/C20H22N6O/c1-3-15-9-19(27)25-20(23-15)14-5-6-18(22-11-14)26-8-7-13-10-21-17(4-2)24-16(13)12-26/h5-6,9-11H,3-4,7-8,12H2,1-2H3,(H,23,25,27). The summed E-state index contributed by atoms with van der Waals surface area (Å²) in [7, 11) is 0. The molecule has 27 heavy (non-hydrogen) atoms. The molecule has 4 heterocycles. The van der Waals surface area contributed by atoms with Gasteiger partial charge in [0.15, 0.2) is 0 Å². The molecule has 0 bridgehead atoms. The summed E-state index contributed by atoms with van der Waals surface area (Å²) in [5.74, 6) is 2.34. The summed E-state index contributed by atoms with van der Waals surface area (Å²) in [6.07, 6.45) is 6.19. The Morgan fingerprint density at radius 1 is 1.11 bits per heavy atom. The largest absolute Gasteiger partial charge is 0.350 e. The molecule has 0 unspecified atom stereocenters. The number of H-pyrrole nitrogens is 1. The van der Waals surface area contributed by atoms with E-state index in [2.05, 4.69) is 36.7 Å². The van der Waals surface area contributed by atoms with E-state index >= 15 is 0 Å². The average Bonchev–Trinajstić information content (AvgIpc) is 2.72. The maximum atomic E-state index is 11.8. The van der Waals surface area contributed by atoms with Crippen molar-refractivity contribution in [1.29, 1.82) is 0 Å². The van der Waals surface area contributed by atoms with Crippen molar-refractivity contribution in [3.63, 3.8) is 0 Å². The summed E-state index contributed by atoms with van der Waals surface area (Å²) in [4.78, 5) is 34.9. The SMILES string of the molecule is CCc1cc(=O)[nH]c(-c2ccc(N3CCc4cnc(CC)nc4C3)nc2)n1. The van der Waals surface area contributed by atoms with E-state index in [1.807, 2.05) is 25.3 Å². The second-order valence-electron chi connectivity index (χ2n) is 6.63. The van der Waals surface area contributed by atoms with Crippen LogP contribution in [0, 0.1) is 0 Å². The van der Waals surface area contributed by atoms with Gasteiger partial charge in [0.05, 0.1) is 12.2 Å². The zero-order valence-corrected chi connectivity index (χ0v) is 15.6. The first-order valence-electron chi connectivity index (χ1n) is 9.31. The highest BCUT2D eigenvalue weighted by atomic mass is 16.1. The number of nitrogens with zero attached hydrogens (tertiary/aromatic N) is 5. The highest BCUT2D eigenvalue weighted by molar-refractivity contribution is 5.56. The van der Waals surface area contributed by atoms with Crippen molar-refractivity contribution in [2.75, 3.05) is 11.4 Å². The minimum absolute atomic E-state index is 0.139. The molecule has 3 aromatic heterocycles. The van der Waals surface area contributed by atoms with Crippen LogP contribution in [0.1, 0.15) is 36.6 Å². The molecule has 1 aliphatic rings. The minimum Gasteiger partial charge on any atom is -0.350 e. The summed E-state index contributed by atoms with van der Waals surface area (Å²) in [5, 5.41) is 0. The van der Waals surface area contributed by atoms with Gasteiger partial charge in [-0.1, -0.05) is 13.8 Å². The molecule has 138 valence electrons. The van der Waals surface area contributed by atoms with E-state index in [9.17, 15) is 4.79 Å². The lowest BCUT2D eigenvalue weighted by Crippen LogP contribution is -2.32. The molecular formula is C20H22N6O. The molecule has 0 saturated carbocycles. The van der Waals surface area contributed by atoms with Crippen molar-refractivity contribution in [1.82, 2.24) is 24.9 Å².